The molecule has 0 aliphatic carbocycles. The third-order valence-electron chi connectivity index (χ3n) is 5.18. The monoisotopic (exact) mass is 392 g/mol. The van der Waals surface area contributed by atoms with Gasteiger partial charge in [-0.3, -0.25) is 19.1 Å². The molecular weight excluding hydrogens is 360 g/mol. The maximum absolute atomic E-state index is 12.5. The van der Waals surface area contributed by atoms with Gasteiger partial charge in [-0.15, -0.1) is 0 Å². The van der Waals surface area contributed by atoms with Gasteiger partial charge in [0, 0.05) is 25.6 Å². The summed E-state index contributed by atoms with van der Waals surface area (Å²) in [6, 6.07) is 0. The second-order valence-corrected chi connectivity index (χ2v) is 8.55. The number of aryl methyl sites for hydroxylation is 2. The molecule has 1 saturated heterocycles. The van der Waals surface area contributed by atoms with Crippen molar-refractivity contribution in [2.24, 2.45) is 18.4 Å². The van der Waals surface area contributed by atoms with Crippen LogP contribution in [0.25, 0.3) is 0 Å². The Morgan fingerprint density at radius 2 is 1.75 bits per heavy atom. The van der Waals surface area contributed by atoms with Crippen molar-refractivity contribution in [2.45, 2.75) is 60.5 Å². The second-order valence-electron chi connectivity index (χ2n) is 8.55. The predicted molar refractivity (Wildman–Crippen MR) is 106 cm³/mol. The molecule has 28 heavy (non-hydrogen) atoms. The minimum atomic E-state index is -0.902. The van der Waals surface area contributed by atoms with Crippen LogP contribution in [0.1, 0.15) is 51.9 Å². The zero-order valence-corrected chi connectivity index (χ0v) is 18.0. The Hall–Kier alpha value is -2.38. The first-order chi connectivity index (χ1) is 12.9. The lowest BCUT2D eigenvalue weighted by Gasteiger charge is -2.35. The van der Waals surface area contributed by atoms with E-state index >= 15 is 0 Å². The summed E-state index contributed by atoms with van der Waals surface area (Å²) in [6.07, 6.45) is 0.201. The number of esters is 1. The zero-order valence-electron chi connectivity index (χ0n) is 18.0. The average molecular weight is 393 g/mol. The SMILES string of the molecule is Cc1nn(C)c(C)c1NC(=O)[C@@H](C)OC(=O)C1CCN(C(=O)C(C)(C)C)CC1. The second kappa shape index (κ2) is 8.32. The van der Waals surface area contributed by atoms with Crippen LogP contribution < -0.4 is 5.32 Å². The number of amides is 2. The van der Waals surface area contributed by atoms with Crippen molar-refractivity contribution in [2.75, 3.05) is 18.4 Å². The highest BCUT2D eigenvalue weighted by atomic mass is 16.5. The number of anilines is 1. The van der Waals surface area contributed by atoms with E-state index in [2.05, 4.69) is 10.4 Å². The molecule has 1 fully saturated rings. The van der Waals surface area contributed by atoms with Crippen molar-refractivity contribution in [1.82, 2.24) is 14.7 Å². The van der Waals surface area contributed by atoms with Gasteiger partial charge in [0.15, 0.2) is 6.10 Å². The number of piperidine rings is 1. The number of hydrogen-bond donors (Lipinski definition) is 1. The van der Waals surface area contributed by atoms with Gasteiger partial charge in [-0.1, -0.05) is 20.8 Å². The first-order valence-corrected chi connectivity index (χ1v) is 9.72. The van der Waals surface area contributed by atoms with Crippen LogP contribution in [-0.2, 0) is 26.2 Å². The molecule has 0 radical (unpaired) electrons. The molecule has 1 aromatic heterocycles. The summed E-state index contributed by atoms with van der Waals surface area (Å²) >= 11 is 0. The van der Waals surface area contributed by atoms with E-state index in [0.717, 1.165) is 5.69 Å². The van der Waals surface area contributed by atoms with E-state index in [0.29, 0.717) is 37.3 Å². The van der Waals surface area contributed by atoms with Gasteiger partial charge in [0.05, 0.1) is 23.0 Å². The summed E-state index contributed by atoms with van der Waals surface area (Å²) in [4.78, 5) is 39.0. The summed E-state index contributed by atoms with van der Waals surface area (Å²) in [5.41, 5.74) is 1.76. The van der Waals surface area contributed by atoms with Crippen LogP contribution in [0.3, 0.4) is 0 Å². The lowest BCUT2D eigenvalue weighted by molar-refractivity contribution is -0.160. The van der Waals surface area contributed by atoms with E-state index in [1.807, 2.05) is 34.6 Å². The van der Waals surface area contributed by atoms with Crippen LogP contribution in [0.2, 0.25) is 0 Å². The first kappa shape index (κ1) is 21.9. The van der Waals surface area contributed by atoms with Crippen molar-refractivity contribution in [1.29, 1.82) is 0 Å². The molecule has 0 spiro atoms. The minimum absolute atomic E-state index is 0.0919. The lowest BCUT2D eigenvalue weighted by atomic mass is 9.91. The molecule has 1 aliphatic rings. The quantitative estimate of drug-likeness (QED) is 0.793. The Balaban J connectivity index is 1.87. The Morgan fingerprint density at radius 3 is 2.21 bits per heavy atom. The Kier molecular flexibility index (Phi) is 6.52. The fourth-order valence-electron chi connectivity index (χ4n) is 3.30. The van der Waals surface area contributed by atoms with Gasteiger partial charge in [0.1, 0.15) is 0 Å². The zero-order chi connectivity index (χ0) is 21.2. The van der Waals surface area contributed by atoms with Crippen LogP contribution in [0.5, 0.6) is 0 Å². The number of nitrogens with one attached hydrogen (secondary N) is 1. The van der Waals surface area contributed by atoms with Gasteiger partial charge in [0.25, 0.3) is 5.91 Å². The number of nitrogens with zero attached hydrogens (tertiary/aromatic N) is 3. The number of carbonyl (C=O) groups is 3. The molecule has 1 aliphatic heterocycles. The number of likely N-dealkylation sites (tertiary alicyclic amines) is 1. The molecule has 1 atom stereocenters. The molecule has 8 heteroatoms. The van der Waals surface area contributed by atoms with E-state index in [1.165, 1.54) is 0 Å². The molecule has 1 aromatic rings. The van der Waals surface area contributed by atoms with E-state index in [1.54, 1.807) is 23.6 Å². The van der Waals surface area contributed by atoms with Crippen LogP contribution in [0.15, 0.2) is 0 Å². The summed E-state index contributed by atoms with van der Waals surface area (Å²) in [6.45, 7) is 12.0. The highest BCUT2D eigenvalue weighted by Crippen LogP contribution is 2.25. The molecule has 0 aromatic carbocycles. The Morgan fingerprint density at radius 1 is 1.18 bits per heavy atom. The number of aromatic nitrogens is 2. The van der Waals surface area contributed by atoms with E-state index in [4.69, 9.17) is 4.74 Å². The standard InChI is InChI=1S/C20H32N4O4/c1-12-16(13(2)23(7)22-12)21-17(25)14(3)28-18(26)15-8-10-24(11-9-15)19(27)20(4,5)6/h14-15H,8-11H2,1-7H3,(H,21,25)/t14-/m1/s1. The summed E-state index contributed by atoms with van der Waals surface area (Å²) < 4.78 is 7.08. The molecule has 0 saturated carbocycles. The minimum Gasteiger partial charge on any atom is -0.452 e. The molecule has 2 heterocycles. The predicted octanol–water partition coefficient (Wildman–Crippen LogP) is 2.19. The van der Waals surface area contributed by atoms with Crippen LogP contribution in [0, 0.1) is 25.2 Å². The molecular formula is C20H32N4O4. The molecule has 1 N–H and O–H groups in total. The largest absolute Gasteiger partial charge is 0.452 e. The molecule has 8 nitrogen and oxygen atoms in total. The van der Waals surface area contributed by atoms with Gasteiger partial charge in [-0.05, 0) is 33.6 Å². The molecule has 0 bridgehead atoms. The normalized spacial score (nSPS) is 16.6. The number of rotatable bonds is 4. The Bertz CT molecular complexity index is 755. The lowest BCUT2D eigenvalue weighted by Crippen LogP contribution is -2.45. The number of ether oxygens (including phenoxy) is 1. The van der Waals surface area contributed by atoms with Crippen LogP contribution >= 0.6 is 0 Å². The number of carbonyl (C=O) groups excluding carboxylic acids is 3. The fraction of sp³-hybridized carbons (Fsp3) is 0.700. The topological polar surface area (TPSA) is 93.5 Å². The molecule has 156 valence electrons. The summed E-state index contributed by atoms with van der Waals surface area (Å²) in [5, 5.41) is 7.05. The first-order valence-electron chi connectivity index (χ1n) is 9.72. The Labute approximate surface area is 166 Å². The van der Waals surface area contributed by atoms with Crippen molar-refractivity contribution < 1.29 is 19.1 Å². The van der Waals surface area contributed by atoms with Crippen molar-refractivity contribution >= 4 is 23.5 Å². The molecule has 2 rings (SSSR count). The van der Waals surface area contributed by atoms with E-state index in [9.17, 15) is 14.4 Å². The van der Waals surface area contributed by atoms with Gasteiger partial charge < -0.3 is 15.0 Å². The fourth-order valence-corrected chi connectivity index (χ4v) is 3.30. The van der Waals surface area contributed by atoms with Crippen molar-refractivity contribution in [3.05, 3.63) is 11.4 Å². The van der Waals surface area contributed by atoms with Crippen LogP contribution in [0.4, 0.5) is 5.69 Å². The third-order valence-corrected chi connectivity index (χ3v) is 5.18. The highest BCUT2D eigenvalue weighted by Gasteiger charge is 2.34. The number of hydrogen-bond acceptors (Lipinski definition) is 5. The van der Waals surface area contributed by atoms with Crippen LogP contribution in [-0.4, -0.2) is 51.7 Å². The van der Waals surface area contributed by atoms with Crippen molar-refractivity contribution in [3.63, 3.8) is 0 Å². The highest BCUT2D eigenvalue weighted by molar-refractivity contribution is 5.96. The van der Waals surface area contributed by atoms with Gasteiger partial charge in [-0.25, -0.2) is 0 Å². The maximum atomic E-state index is 12.5. The van der Waals surface area contributed by atoms with Gasteiger partial charge >= 0.3 is 5.97 Å². The van der Waals surface area contributed by atoms with Gasteiger partial charge in [0.2, 0.25) is 5.91 Å². The third kappa shape index (κ3) is 4.91. The smallest absolute Gasteiger partial charge is 0.309 e. The average Bonchev–Trinajstić information content (AvgIpc) is 2.86. The summed E-state index contributed by atoms with van der Waals surface area (Å²) in [5.74, 6) is -0.964. The molecule has 0 unspecified atom stereocenters. The van der Waals surface area contributed by atoms with E-state index in [-0.39, 0.29) is 23.7 Å². The van der Waals surface area contributed by atoms with Crippen molar-refractivity contribution in [3.8, 4) is 0 Å². The van der Waals surface area contributed by atoms with E-state index < -0.39 is 11.5 Å². The summed E-state index contributed by atoms with van der Waals surface area (Å²) in [7, 11) is 1.80. The van der Waals surface area contributed by atoms with Gasteiger partial charge in [-0.2, -0.15) is 5.10 Å². The maximum Gasteiger partial charge on any atom is 0.309 e. The molecule has 2 amide bonds.